The zero-order valence-corrected chi connectivity index (χ0v) is 8.89. The molecule has 82 valence electrons. The van der Waals surface area contributed by atoms with Gasteiger partial charge in [0.15, 0.2) is 0 Å². The Morgan fingerprint density at radius 3 is 2.88 bits per heavy atom. The summed E-state index contributed by atoms with van der Waals surface area (Å²) < 4.78 is 4.73. The van der Waals surface area contributed by atoms with Crippen molar-refractivity contribution in [1.82, 2.24) is 15.1 Å². The molecular weight excluding hydrogens is 208 g/mol. The molecular formula is C10H10N4O2. The second-order valence-corrected chi connectivity index (χ2v) is 3.31. The minimum absolute atomic E-state index is 0.144. The summed E-state index contributed by atoms with van der Waals surface area (Å²) in [5.74, 6) is 0.183. The van der Waals surface area contributed by atoms with E-state index in [9.17, 15) is 4.79 Å². The van der Waals surface area contributed by atoms with E-state index < -0.39 is 0 Å². The van der Waals surface area contributed by atoms with E-state index >= 15 is 0 Å². The molecule has 1 amide bonds. The number of amides is 1. The van der Waals surface area contributed by atoms with Gasteiger partial charge in [-0.05, 0) is 29.8 Å². The van der Waals surface area contributed by atoms with Gasteiger partial charge in [0.25, 0.3) is 11.9 Å². The van der Waals surface area contributed by atoms with E-state index in [1.54, 1.807) is 19.2 Å². The van der Waals surface area contributed by atoms with Gasteiger partial charge in [0.2, 0.25) is 5.89 Å². The first-order valence-electron chi connectivity index (χ1n) is 4.69. The van der Waals surface area contributed by atoms with Crippen molar-refractivity contribution < 1.29 is 9.32 Å². The average molecular weight is 218 g/mol. The molecule has 0 saturated carbocycles. The third-order valence-electron chi connectivity index (χ3n) is 1.90. The van der Waals surface area contributed by atoms with Crippen LogP contribution in [0.3, 0.4) is 0 Å². The lowest BCUT2D eigenvalue weighted by atomic mass is 10.2. The minimum Gasteiger partial charge on any atom is -0.338 e. The van der Waals surface area contributed by atoms with Crippen molar-refractivity contribution in [2.75, 3.05) is 5.32 Å². The fourth-order valence-electron chi connectivity index (χ4n) is 1.18. The second kappa shape index (κ2) is 4.09. The van der Waals surface area contributed by atoms with Gasteiger partial charge in [-0.15, -0.1) is 0 Å². The van der Waals surface area contributed by atoms with Crippen molar-refractivity contribution in [2.45, 2.75) is 13.8 Å². The molecule has 0 unspecified atom stereocenters. The summed E-state index contributed by atoms with van der Waals surface area (Å²) in [5, 5.41) is 6.05. The lowest BCUT2D eigenvalue weighted by Gasteiger charge is -1.99. The van der Waals surface area contributed by atoms with Crippen molar-refractivity contribution in [2.24, 2.45) is 0 Å². The zero-order valence-electron chi connectivity index (χ0n) is 8.89. The largest absolute Gasteiger partial charge is 0.338 e. The summed E-state index contributed by atoms with van der Waals surface area (Å²) in [4.78, 5) is 19.5. The maximum atomic E-state index is 11.7. The van der Waals surface area contributed by atoms with Crippen molar-refractivity contribution in [3.05, 3.63) is 35.5 Å². The number of hydrogen-bond donors (Lipinski definition) is 1. The van der Waals surface area contributed by atoms with Crippen LogP contribution in [0, 0.1) is 13.8 Å². The molecule has 0 spiro atoms. The summed E-state index contributed by atoms with van der Waals surface area (Å²) in [7, 11) is 0. The molecule has 2 aromatic heterocycles. The van der Waals surface area contributed by atoms with E-state index in [0.29, 0.717) is 11.6 Å². The molecule has 0 aliphatic rings. The van der Waals surface area contributed by atoms with E-state index in [1.807, 2.05) is 13.0 Å². The Bertz CT molecular complexity index is 521. The van der Waals surface area contributed by atoms with Crippen LogP contribution in [0.4, 0.5) is 5.95 Å². The molecule has 0 atom stereocenters. The van der Waals surface area contributed by atoms with Crippen LogP contribution >= 0.6 is 0 Å². The van der Waals surface area contributed by atoms with Crippen LogP contribution in [0.25, 0.3) is 0 Å². The maximum absolute atomic E-state index is 11.7. The van der Waals surface area contributed by atoms with Gasteiger partial charge in [0.1, 0.15) is 5.69 Å². The van der Waals surface area contributed by atoms with Gasteiger partial charge in [0, 0.05) is 13.1 Å². The molecule has 0 aliphatic carbocycles. The summed E-state index contributed by atoms with van der Waals surface area (Å²) in [6.07, 6.45) is 1.58. The van der Waals surface area contributed by atoms with Crippen molar-refractivity contribution in [3.8, 4) is 0 Å². The number of aromatic nitrogens is 3. The number of rotatable bonds is 2. The predicted octanol–water partition coefficient (Wildman–Crippen LogP) is 1.33. The monoisotopic (exact) mass is 218 g/mol. The van der Waals surface area contributed by atoms with Gasteiger partial charge in [-0.25, -0.2) is 0 Å². The molecule has 0 saturated heterocycles. The third-order valence-corrected chi connectivity index (χ3v) is 1.90. The number of nitrogens with zero attached hydrogens (tertiary/aromatic N) is 3. The highest BCUT2D eigenvalue weighted by Crippen LogP contribution is 2.05. The van der Waals surface area contributed by atoms with Crippen molar-refractivity contribution in [3.63, 3.8) is 0 Å². The van der Waals surface area contributed by atoms with Gasteiger partial charge in [0.05, 0.1) is 0 Å². The first-order chi connectivity index (χ1) is 7.65. The van der Waals surface area contributed by atoms with E-state index in [2.05, 4.69) is 20.4 Å². The molecule has 0 aromatic carbocycles. The number of aryl methyl sites for hydroxylation is 2. The van der Waals surface area contributed by atoms with Gasteiger partial charge in [-0.2, -0.15) is 4.98 Å². The van der Waals surface area contributed by atoms with Crippen molar-refractivity contribution >= 4 is 11.9 Å². The highest BCUT2D eigenvalue weighted by atomic mass is 16.5. The lowest BCUT2D eigenvalue weighted by molar-refractivity contribution is 0.102. The SMILES string of the molecule is Cc1ccnc(C(=O)Nc2noc(C)n2)c1. The van der Waals surface area contributed by atoms with Crippen LogP contribution in [-0.4, -0.2) is 21.0 Å². The predicted molar refractivity (Wildman–Crippen MR) is 56.0 cm³/mol. The fourth-order valence-corrected chi connectivity index (χ4v) is 1.18. The smallest absolute Gasteiger partial charge is 0.276 e. The Labute approximate surface area is 91.7 Å². The summed E-state index contributed by atoms with van der Waals surface area (Å²) in [6.45, 7) is 3.53. The molecule has 0 fully saturated rings. The number of anilines is 1. The van der Waals surface area contributed by atoms with Gasteiger partial charge in [-0.3, -0.25) is 15.1 Å². The lowest BCUT2D eigenvalue weighted by Crippen LogP contribution is -2.14. The van der Waals surface area contributed by atoms with E-state index in [-0.39, 0.29) is 11.9 Å². The second-order valence-electron chi connectivity index (χ2n) is 3.31. The average Bonchev–Trinajstić information content (AvgIpc) is 2.64. The number of hydrogen-bond acceptors (Lipinski definition) is 5. The molecule has 2 aromatic rings. The van der Waals surface area contributed by atoms with Gasteiger partial charge in [-0.1, -0.05) is 0 Å². The molecule has 0 bridgehead atoms. The van der Waals surface area contributed by atoms with Crippen molar-refractivity contribution in [1.29, 1.82) is 0 Å². The number of carbonyl (C=O) groups excluding carboxylic acids is 1. The molecule has 6 nitrogen and oxygen atoms in total. The summed E-state index contributed by atoms with van der Waals surface area (Å²) in [6, 6.07) is 3.50. The van der Waals surface area contributed by atoms with Crippen LogP contribution in [-0.2, 0) is 0 Å². The first kappa shape index (κ1) is 10.3. The molecule has 0 aliphatic heterocycles. The Kier molecular flexibility index (Phi) is 2.63. The zero-order chi connectivity index (χ0) is 11.5. The Hall–Kier alpha value is -2.24. The number of nitrogens with one attached hydrogen (secondary N) is 1. The maximum Gasteiger partial charge on any atom is 0.276 e. The van der Waals surface area contributed by atoms with Gasteiger partial charge >= 0.3 is 0 Å². The van der Waals surface area contributed by atoms with Crippen LogP contribution in [0.5, 0.6) is 0 Å². The topological polar surface area (TPSA) is 80.9 Å². The van der Waals surface area contributed by atoms with Crippen LogP contribution in [0.15, 0.2) is 22.9 Å². The number of pyridine rings is 1. The normalized spacial score (nSPS) is 10.1. The van der Waals surface area contributed by atoms with E-state index in [1.165, 1.54) is 0 Å². The molecule has 2 rings (SSSR count). The first-order valence-corrected chi connectivity index (χ1v) is 4.69. The molecule has 6 heteroatoms. The standard InChI is InChI=1S/C10H10N4O2/c1-6-3-4-11-8(5-6)9(15)13-10-12-7(2)16-14-10/h3-5H,1-2H3,(H,13,14,15). The number of carbonyl (C=O) groups is 1. The van der Waals surface area contributed by atoms with Gasteiger partial charge < -0.3 is 4.52 Å². The minimum atomic E-state index is -0.357. The Morgan fingerprint density at radius 2 is 2.25 bits per heavy atom. The quantitative estimate of drug-likeness (QED) is 0.822. The van der Waals surface area contributed by atoms with E-state index in [0.717, 1.165) is 5.56 Å². The highest BCUT2D eigenvalue weighted by Gasteiger charge is 2.10. The summed E-state index contributed by atoms with van der Waals surface area (Å²) in [5.41, 5.74) is 1.28. The molecule has 16 heavy (non-hydrogen) atoms. The fraction of sp³-hybridized carbons (Fsp3) is 0.200. The molecule has 0 radical (unpaired) electrons. The third kappa shape index (κ3) is 2.22. The molecule has 2 heterocycles. The Balaban J connectivity index is 2.14. The van der Waals surface area contributed by atoms with Crippen LogP contribution in [0.2, 0.25) is 0 Å². The van der Waals surface area contributed by atoms with E-state index in [4.69, 9.17) is 4.52 Å². The Morgan fingerprint density at radius 1 is 1.44 bits per heavy atom. The van der Waals surface area contributed by atoms with Crippen LogP contribution < -0.4 is 5.32 Å². The van der Waals surface area contributed by atoms with Crippen LogP contribution in [0.1, 0.15) is 21.9 Å². The highest BCUT2D eigenvalue weighted by molar-refractivity contribution is 6.01. The molecule has 1 N–H and O–H groups in total. The summed E-state index contributed by atoms with van der Waals surface area (Å²) >= 11 is 0.